The first-order valence-corrected chi connectivity index (χ1v) is 13.3. The summed E-state index contributed by atoms with van der Waals surface area (Å²) < 4.78 is 53.1. The minimum Gasteiger partial charge on any atom is -0.471 e. The molecular formula is C29H29F3N6O3. The van der Waals surface area contributed by atoms with E-state index in [1.807, 2.05) is 50.1 Å². The number of H-pyrrole nitrogens is 1. The van der Waals surface area contributed by atoms with E-state index in [2.05, 4.69) is 20.3 Å². The Labute approximate surface area is 234 Å². The van der Waals surface area contributed by atoms with Crippen LogP contribution < -0.4 is 14.8 Å². The number of nitrogens with zero attached hydrogens (tertiary/aromatic N) is 4. The van der Waals surface area contributed by atoms with Gasteiger partial charge in [0.1, 0.15) is 28.8 Å². The van der Waals surface area contributed by atoms with Crippen molar-refractivity contribution in [3.63, 3.8) is 0 Å². The average Bonchev–Trinajstić information content (AvgIpc) is 3.29. The Morgan fingerprint density at radius 1 is 1.15 bits per heavy atom. The van der Waals surface area contributed by atoms with Crippen molar-refractivity contribution in [3.8, 4) is 17.4 Å². The zero-order valence-electron chi connectivity index (χ0n) is 22.7. The summed E-state index contributed by atoms with van der Waals surface area (Å²) in [7, 11) is 1.85. The molecule has 1 aromatic carbocycles. The van der Waals surface area contributed by atoms with Crippen molar-refractivity contribution in [2.24, 2.45) is 0 Å². The van der Waals surface area contributed by atoms with Crippen LogP contribution in [0, 0.1) is 6.92 Å². The molecule has 4 aromatic rings. The number of aromatic nitrogens is 3. The van der Waals surface area contributed by atoms with E-state index in [4.69, 9.17) is 9.47 Å². The number of aromatic amines is 1. The topological polar surface area (TPSA) is 95.6 Å². The van der Waals surface area contributed by atoms with Crippen LogP contribution in [0.1, 0.15) is 35.3 Å². The molecule has 0 radical (unpaired) electrons. The highest BCUT2D eigenvalue weighted by atomic mass is 19.4. The molecule has 2 aliphatic rings. The number of amides is 2. The Morgan fingerprint density at radius 3 is 2.71 bits per heavy atom. The van der Waals surface area contributed by atoms with E-state index in [-0.39, 0.29) is 17.8 Å². The summed E-state index contributed by atoms with van der Waals surface area (Å²) in [6.07, 6.45) is -1.58. The molecule has 1 saturated heterocycles. The highest BCUT2D eigenvalue weighted by Crippen LogP contribution is 2.38. The Hall–Kier alpha value is -4.32. The second-order valence-electron chi connectivity index (χ2n) is 10.6. The van der Waals surface area contributed by atoms with Crippen molar-refractivity contribution >= 4 is 22.8 Å². The Balaban J connectivity index is 1.19. The Morgan fingerprint density at radius 2 is 1.95 bits per heavy atom. The molecule has 0 saturated carbocycles. The number of likely N-dealkylation sites (N-methyl/N-ethyl adjacent to an activating group) is 1. The first kappa shape index (κ1) is 26.9. The summed E-state index contributed by atoms with van der Waals surface area (Å²) in [6.45, 7) is 5.29. The second-order valence-corrected chi connectivity index (χ2v) is 10.6. The highest BCUT2D eigenvalue weighted by molar-refractivity contribution is 5.90. The number of ether oxygens (including phenoxy) is 2. The predicted octanol–water partition coefficient (Wildman–Crippen LogP) is 5.92. The highest BCUT2D eigenvalue weighted by Gasteiger charge is 2.38. The van der Waals surface area contributed by atoms with Crippen LogP contribution in [0.15, 0.2) is 48.8 Å². The van der Waals surface area contributed by atoms with Crippen LogP contribution >= 0.6 is 0 Å². The maximum atomic E-state index is 13.8. The van der Waals surface area contributed by atoms with Gasteiger partial charge in [-0.3, -0.25) is 4.90 Å². The molecule has 1 fully saturated rings. The average molecular weight is 567 g/mol. The van der Waals surface area contributed by atoms with Gasteiger partial charge in [-0.15, -0.1) is 0 Å². The van der Waals surface area contributed by atoms with Gasteiger partial charge in [-0.2, -0.15) is 13.2 Å². The van der Waals surface area contributed by atoms with Crippen LogP contribution in [0.5, 0.6) is 17.4 Å². The number of fused-ring (bicyclic) bond motifs is 2. The van der Waals surface area contributed by atoms with Crippen LogP contribution in [0.2, 0.25) is 0 Å². The minimum atomic E-state index is -4.69. The smallest absolute Gasteiger partial charge is 0.421 e. The molecule has 6 rings (SSSR count). The van der Waals surface area contributed by atoms with E-state index in [9.17, 15) is 18.0 Å². The zero-order valence-corrected chi connectivity index (χ0v) is 22.7. The molecule has 9 nitrogen and oxygen atoms in total. The van der Waals surface area contributed by atoms with Crippen LogP contribution in [0.3, 0.4) is 0 Å². The molecule has 0 unspecified atom stereocenters. The number of alkyl halides is 3. The van der Waals surface area contributed by atoms with Gasteiger partial charge in [-0.1, -0.05) is 6.07 Å². The van der Waals surface area contributed by atoms with E-state index >= 15 is 0 Å². The minimum absolute atomic E-state index is 0.0565. The lowest BCUT2D eigenvalue weighted by atomic mass is 9.93. The van der Waals surface area contributed by atoms with Crippen molar-refractivity contribution in [2.75, 3.05) is 32.0 Å². The number of nitrogens with one attached hydrogen (secondary N) is 2. The number of halogens is 3. The van der Waals surface area contributed by atoms with Gasteiger partial charge in [0.15, 0.2) is 0 Å². The van der Waals surface area contributed by atoms with Crippen molar-refractivity contribution in [3.05, 3.63) is 71.2 Å². The molecule has 5 heterocycles. The zero-order chi connectivity index (χ0) is 28.9. The van der Waals surface area contributed by atoms with Gasteiger partial charge >= 0.3 is 12.2 Å². The van der Waals surface area contributed by atoms with E-state index in [0.29, 0.717) is 37.6 Å². The van der Waals surface area contributed by atoms with Crippen molar-refractivity contribution in [1.29, 1.82) is 0 Å². The number of hydrogen-bond donors (Lipinski definition) is 2. The fraction of sp³-hybridized carbons (Fsp3) is 0.345. The number of benzene rings is 1. The molecule has 41 heavy (non-hydrogen) atoms. The fourth-order valence-electron chi connectivity index (χ4n) is 5.37. The maximum Gasteiger partial charge on any atom is 0.421 e. The predicted molar refractivity (Wildman–Crippen MR) is 146 cm³/mol. The number of likely N-dealkylation sites (tertiary alicyclic amines) is 1. The number of anilines is 1. The van der Waals surface area contributed by atoms with Gasteiger partial charge in [0, 0.05) is 31.5 Å². The molecule has 1 atom stereocenters. The molecule has 12 heteroatoms. The summed E-state index contributed by atoms with van der Waals surface area (Å²) in [4.78, 5) is 28.2. The number of carbonyl (C=O) groups excluding carboxylic acids is 1. The second kappa shape index (κ2) is 10.3. The number of carbonyl (C=O) groups is 1. The van der Waals surface area contributed by atoms with E-state index in [1.165, 1.54) is 6.20 Å². The molecular weight excluding hydrogens is 537 g/mol. The van der Waals surface area contributed by atoms with Crippen LogP contribution in [-0.4, -0.2) is 63.6 Å². The van der Waals surface area contributed by atoms with Gasteiger partial charge < -0.3 is 24.7 Å². The first-order valence-electron chi connectivity index (χ1n) is 13.3. The monoisotopic (exact) mass is 566 g/mol. The summed E-state index contributed by atoms with van der Waals surface area (Å²) in [5.41, 5.74) is 2.60. The molecule has 0 spiro atoms. The van der Waals surface area contributed by atoms with Crippen molar-refractivity contribution < 1.29 is 27.4 Å². The lowest BCUT2D eigenvalue weighted by molar-refractivity contribution is -0.140. The maximum absolute atomic E-state index is 13.8. The summed E-state index contributed by atoms with van der Waals surface area (Å²) in [5.74, 6) is 0.779. The normalized spacial score (nSPS) is 17.7. The number of urea groups is 1. The number of pyridine rings is 2. The van der Waals surface area contributed by atoms with Gasteiger partial charge in [0.05, 0.1) is 23.3 Å². The molecule has 214 valence electrons. The molecule has 2 aliphatic heterocycles. The third-order valence-corrected chi connectivity index (χ3v) is 7.49. The standard InChI is InChI=1S/C29H29F3N6O3/c1-16-10-23-25(6-8-33-26(23)35-16)40-20-5-4-18-7-9-38(17(2)22(18)12-20)28(39)36-19-11-24(29(30,31)32)27(34-13-19)41-21-14-37(3)15-21/h4-6,8,10-13,17,21H,7,9,14-15H2,1-3H3,(H,33,35)(H,36,39)/t17-/m0/s1. The quantitative estimate of drug-likeness (QED) is 0.311. The largest absolute Gasteiger partial charge is 0.471 e. The lowest BCUT2D eigenvalue weighted by Crippen LogP contribution is -2.51. The number of rotatable bonds is 5. The van der Waals surface area contributed by atoms with E-state index in [1.54, 1.807) is 17.2 Å². The van der Waals surface area contributed by atoms with Gasteiger partial charge in [0.25, 0.3) is 0 Å². The van der Waals surface area contributed by atoms with Gasteiger partial charge in [-0.25, -0.2) is 14.8 Å². The van der Waals surface area contributed by atoms with Crippen LogP contribution in [-0.2, 0) is 12.6 Å². The van der Waals surface area contributed by atoms with Crippen molar-refractivity contribution in [2.45, 2.75) is 38.6 Å². The van der Waals surface area contributed by atoms with Gasteiger partial charge in [-0.05, 0) is 68.8 Å². The van der Waals surface area contributed by atoms with Crippen LogP contribution in [0.4, 0.5) is 23.7 Å². The van der Waals surface area contributed by atoms with E-state index < -0.39 is 23.7 Å². The molecule has 0 bridgehead atoms. The summed E-state index contributed by atoms with van der Waals surface area (Å²) >= 11 is 0. The number of aryl methyl sites for hydroxylation is 1. The van der Waals surface area contributed by atoms with E-state index in [0.717, 1.165) is 33.9 Å². The van der Waals surface area contributed by atoms with Crippen LogP contribution in [0.25, 0.3) is 11.0 Å². The molecule has 0 aliphatic carbocycles. The molecule has 2 amide bonds. The lowest BCUT2D eigenvalue weighted by Gasteiger charge is -2.36. The SMILES string of the molecule is Cc1cc2c(Oc3ccc4c(c3)[C@H](C)N(C(=O)Nc3cnc(OC5CN(C)C5)c(C(F)(F)F)c3)CC4)ccnc2[nH]1. The Kier molecular flexibility index (Phi) is 6.72. The Bertz CT molecular complexity index is 1620. The third kappa shape index (κ3) is 5.39. The first-order chi connectivity index (χ1) is 19.5. The molecule has 2 N–H and O–H groups in total. The summed E-state index contributed by atoms with van der Waals surface area (Å²) in [6, 6.07) is 9.54. The van der Waals surface area contributed by atoms with Crippen molar-refractivity contribution in [1.82, 2.24) is 24.8 Å². The third-order valence-electron chi connectivity index (χ3n) is 7.49. The fourth-order valence-corrected chi connectivity index (χ4v) is 5.37. The summed E-state index contributed by atoms with van der Waals surface area (Å²) in [5, 5.41) is 3.46. The number of hydrogen-bond acceptors (Lipinski definition) is 6. The molecule has 3 aromatic heterocycles. The van der Waals surface area contributed by atoms with Gasteiger partial charge in [0.2, 0.25) is 5.88 Å².